The van der Waals surface area contributed by atoms with Crippen molar-refractivity contribution in [2.75, 3.05) is 7.11 Å². The summed E-state index contributed by atoms with van der Waals surface area (Å²) >= 11 is 0. The van der Waals surface area contributed by atoms with Gasteiger partial charge in [0.25, 0.3) is 0 Å². The number of hydroxylamine groups is 1. The van der Waals surface area contributed by atoms with E-state index in [2.05, 4.69) is 10.3 Å². The molecule has 0 unspecified atom stereocenters. The van der Waals surface area contributed by atoms with Gasteiger partial charge in [-0.2, -0.15) is 5.48 Å². The fourth-order valence-electron chi connectivity index (χ4n) is 1.04. The minimum absolute atomic E-state index is 0.000602. The predicted octanol–water partition coefficient (Wildman–Crippen LogP) is 1.31. The van der Waals surface area contributed by atoms with Gasteiger partial charge in [-0.1, -0.05) is 6.07 Å². The lowest BCUT2D eigenvalue weighted by atomic mass is 10.1. The van der Waals surface area contributed by atoms with Crippen molar-refractivity contribution in [1.29, 1.82) is 0 Å². The summed E-state index contributed by atoms with van der Waals surface area (Å²) < 4.78 is 26.3. The van der Waals surface area contributed by atoms with E-state index in [9.17, 15) is 13.6 Å². The molecule has 0 atom stereocenters. The molecule has 82 valence electrons. The summed E-state index contributed by atoms with van der Waals surface area (Å²) in [5, 5.41) is 8.51. The quantitative estimate of drug-likeness (QED) is 0.746. The third-order valence-electron chi connectivity index (χ3n) is 1.80. The van der Waals surface area contributed by atoms with Crippen LogP contribution in [0, 0.1) is 11.6 Å². The molecule has 1 aromatic carbocycles. The maximum Gasteiger partial charge on any atom is 0.338 e. The van der Waals surface area contributed by atoms with E-state index in [1.807, 2.05) is 0 Å². The lowest BCUT2D eigenvalue weighted by Gasteiger charge is -2.06. The summed E-state index contributed by atoms with van der Waals surface area (Å²) in [4.78, 5) is 14.9. The number of carboxylic acids is 1. The summed E-state index contributed by atoms with van der Waals surface area (Å²) in [6.45, 7) is -0.0425. The van der Waals surface area contributed by atoms with Gasteiger partial charge in [0, 0.05) is 12.1 Å². The third-order valence-corrected chi connectivity index (χ3v) is 1.80. The molecule has 6 heteroatoms. The van der Waals surface area contributed by atoms with Gasteiger partial charge in [-0.25, -0.2) is 13.6 Å². The lowest BCUT2D eigenvalue weighted by molar-refractivity contribution is 0.0690. The van der Waals surface area contributed by atoms with Crippen molar-refractivity contribution >= 4 is 5.97 Å². The minimum Gasteiger partial charge on any atom is -0.478 e. The van der Waals surface area contributed by atoms with Crippen LogP contribution in [0.5, 0.6) is 0 Å². The summed E-state index contributed by atoms with van der Waals surface area (Å²) in [6, 6.07) is 2.20. The van der Waals surface area contributed by atoms with Crippen LogP contribution in [0.1, 0.15) is 15.9 Å². The summed E-state index contributed by atoms with van der Waals surface area (Å²) in [5.41, 5.74) is 1.64. The Morgan fingerprint density at radius 1 is 1.47 bits per heavy atom. The Labute approximate surface area is 84.4 Å². The zero-order valence-corrected chi connectivity index (χ0v) is 7.88. The Hall–Kier alpha value is -1.53. The molecule has 0 fully saturated rings. The largest absolute Gasteiger partial charge is 0.478 e. The van der Waals surface area contributed by atoms with Gasteiger partial charge in [0.05, 0.1) is 12.7 Å². The van der Waals surface area contributed by atoms with Crippen LogP contribution >= 0.6 is 0 Å². The molecule has 0 spiro atoms. The fraction of sp³-hybridized carbons (Fsp3) is 0.222. The second kappa shape index (κ2) is 4.81. The van der Waals surface area contributed by atoms with E-state index in [1.165, 1.54) is 13.2 Å². The molecular weight excluding hydrogens is 208 g/mol. The van der Waals surface area contributed by atoms with Crippen molar-refractivity contribution in [2.45, 2.75) is 6.54 Å². The maximum absolute atomic E-state index is 13.2. The van der Waals surface area contributed by atoms with Crippen LogP contribution in [0.25, 0.3) is 0 Å². The highest BCUT2D eigenvalue weighted by molar-refractivity contribution is 5.87. The zero-order chi connectivity index (χ0) is 11.4. The topological polar surface area (TPSA) is 58.6 Å². The van der Waals surface area contributed by atoms with Crippen LogP contribution in [-0.4, -0.2) is 18.2 Å². The SMILES string of the molecule is CONCc1ccc(C(=O)O)c(F)c1F. The molecule has 0 radical (unpaired) electrons. The monoisotopic (exact) mass is 217 g/mol. The number of hydrogen-bond acceptors (Lipinski definition) is 3. The predicted molar refractivity (Wildman–Crippen MR) is 47.2 cm³/mol. The molecule has 1 aromatic rings. The van der Waals surface area contributed by atoms with Crippen LogP contribution < -0.4 is 5.48 Å². The molecule has 0 aromatic heterocycles. The number of benzene rings is 1. The van der Waals surface area contributed by atoms with E-state index < -0.39 is 23.2 Å². The van der Waals surface area contributed by atoms with Crippen molar-refractivity contribution in [1.82, 2.24) is 5.48 Å². The van der Waals surface area contributed by atoms with Crippen LogP contribution in [0.4, 0.5) is 8.78 Å². The number of halogens is 2. The van der Waals surface area contributed by atoms with E-state index in [-0.39, 0.29) is 12.1 Å². The van der Waals surface area contributed by atoms with Gasteiger partial charge in [0.15, 0.2) is 11.6 Å². The lowest BCUT2D eigenvalue weighted by Crippen LogP contribution is -2.14. The van der Waals surface area contributed by atoms with E-state index in [1.54, 1.807) is 0 Å². The first-order valence-corrected chi connectivity index (χ1v) is 4.04. The number of nitrogens with one attached hydrogen (secondary N) is 1. The van der Waals surface area contributed by atoms with Gasteiger partial charge in [-0.05, 0) is 6.07 Å². The minimum atomic E-state index is -1.50. The second-order valence-corrected chi connectivity index (χ2v) is 2.73. The molecular formula is C9H9F2NO3. The standard InChI is InChI=1S/C9H9F2NO3/c1-15-12-4-5-2-3-6(9(13)14)8(11)7(5)10/h2-3,12H,4H2,1H3,(H,13,14). The number of carbonyl (C=O) groups is 1. The normalized spacial score (nSPS) is 10.3. The first-order valence-electron chi connectivity index (χ1n) is 4.04. The second-order valence-electron chi connectivity index (χ2n) is 2.73. The highest BCUT2D eigenvalue weighted by Gasteiger charge is 2.17. The van der Waals surface area contributed by atoms with Crippen LogP contribution in [0.2, 0.25) is 0 Å². The van der Waals surface area contributed by atoms with Crippen molar-refractivity contribution in [3.05, 3.63) is 34.9 Å². The number of hydrogen-bond donors (Lipinski definition) is 2. The van der Waals surface area contributed by atoms with Gasteiger partial charge in [0.1, 0.15) is 0 Å². The van der Waals surface area contributed by atoms with Gasteiger partial charge in [0.2, 0.25) is 0 Å². The number of rotatable bonds is 4. The Bertz CT molecular complexity index is 382. The highest BCUT2D eigenvalue weighted by atomic mass is 19.2. The van der Waals surface area contributed by atoms with E-state index in [0.717, 1.165) is 6.07 Å². The Morgan fingerprint density at radius 2 is 2.13 bits per heavy atom. The average molecular weight is 217 g/mol. The third kappa shape index (κ3) is 2.48. The molecule has 0 bridgehead atoms. The number of carboxylic acid groups (broad SMARTS) is 1. The Morgan fingerprint density at radius 3 is 2.67 bits per heavy atom. The smallest absolute Gasteiger partial charge is 0.338 e. The fourth-order valence-corrected chi connectivity index (χ4v) is 1.04. The van der Waals surface area contributed by atoms with Gasteiger partial charge in [-0.3, -0.25) is 0 Å². The van der Waals surface area contributed by atoms with Crippen molar-refractivity contribution in [3.8, 4) is 0 Å². The molecule has 15 heavy (non-hydrogen) atoms. The zero-order valence-electron chi connectivity index (χ0n) is 7.88. The van der Waals surface area contributed by atoms with Gasteiger partial charge >= 0.3 is 5.97 Å². The first kappa shape index (κ1) is 11.5. The van der Waals surface area contributed by atoms with Crippen LogP contribution in [0.15, 0.2) is 12.1 Å². The molecule has 0 saturated carbocycles. The molecule has 0 saturated heterocycles. The summed E-state index contributed by atoms with van der Waals surface area (Å²) in [5.74, 6) is -4.05. The van der Waals surface area contributed by atoms with E-state index in [4.69, 9.17) is 5.11 Å². The molecule has 0 heterocycles. The van der Waals surface area contributed by atoms with Gasteiger partial charge in [-0.15, -0.1) is 0 Å². The van der Waals surface area contributed by atoms with E-state index >= 15 is 0 Å². The maximum atomic E-state index is 13.2. The average Bonchev–Trinajstić information content (AvgIpc) is 2.20. The molecule has 0 aliphatic rings. The molecule has 4 nitrogen and oxygen atoms in total. The summed E-state index contributed by atoms with van der Waals surface area (Å²) in [7, 11) is 1.33. The molecule has 0 amide bonds. The van der Waals surface area contributed by atoms with Gasteiger partial charge < -0.3 is 9.94 Å². The van der Waals surface area contributed by atoms with Crippen LogP contribution in [-0.2, 0) is 11.4 Å². The summed E-state index contributed by atoms with van der Waals surface area (Å²) in [6.07, 6.45) is 0. The molecule has 2 N–H and O–H groups in total. The highest BCUT2D eigenvalue weighted by Crippen LogP contribution is 2.16. The van der Waals surface area contributed by atoms with Crippen molar-refractivity contribution < 1.29 is 23.5 Å². The molecule has 0 aliphatic heterocycles. The van der Waals surface area contributed by atoms with Crippen molar-refractivity contribution in [2.24, 2.45) is 0 Å². The molecule has 1 rings (SSSR count). The number of aromatic carboxylic acids is 1. The van der Waals surface area contributed by atoms with E-state index in [0.29, 0.717) is 0 Å². The Kier molecular flexibility index (Phi) is 3.70. The van der Waals surface area contributed by atoms with Crippen LogP contribution in [0.3, 0.4) is 0 Å². The first-order chi connectivity index (χ1) is 7.07. The Balaban J connectivity index is 3.04. The molecule has 0 aliphatic carbocycles. The van der Waals surface area contributed by atoms with Crippen molar-refractivity contribution in [3.63, 3.8) is 0 Å².